The molecule has 0 saturated carbocycles. The first kappa shape index (κ1) is 17.6. The maximum Gasteiger partial charge on any atom is 0.244 e. The molecule has 1 rings (SSSR count). The first-order valence-electron chi connectivity index (χ1n) is 6.03. The van der Waals surface area contributed by atoms with Gasteiger partial charge in [0.15, 0.2) is 9.84 Å². The second-order valence-corrected chi connectivity index (χ2v) is 8.15. The highest BCUT2D eigenvalue weighted by atomic mass is 32.2. The Kier molecular flexibility index (Phi) is 5.44. The minimum atomic E-state index is -4.32. The van der Waals surface area contributed by atoms with E-state index in [1.165, 1.54) is 0 Å². The molecule has 0 aliphatic carbocycles. The van der Waals surface area contributed by atoms with Crippen molar-refractivity contribution < 1.29 is 21.2 Å². The van der Waals surface area contributed by atoms with Crippen molar-refractivity contribution in [2.45, 2.75) is 35.6 Å². The Morgan fingerprint density at radius 1 is 1.33 bits per heavy atom. The summed E-state index contributed by atoms with van der Waals surface area (Å²) in [5.74, 6) is -1.08. The van der Waals surface area contributed by atoms with Gasteiger partial charge in [-0.15, -0.1) is 0 Å². The average Bonchev–Trinajstić information content (AvgIpc) is 2.36. The van der Waals surface area contributed by atoms with E-state index in [1.807, 2.05) is 0 Å². The molecule has 1 unspecified atom stereocenters. The molecule has 0 saturated heterocycles. The van der Waals surface area contributed by atoms with Gasteiger partial charge in [-0.25, -0.2) is 21.2 Å². The van der Waals surface area contributed by atoms with Gasteiger partial charge in [-0.2, -0.15) is 9.98 Å². The largest absolute Gasteiger partial charge is 0.244 e. The van der Waals surface area contributed by atoms with Crippen molar-refractivity contribution in [1.29, 1.82) is 5.26 Å². The average molecular weight is 334 g/mol. The Bertz CT molecular complexity index is 767. The van der Waals surface area contributed by atoms with Gasteiger partial charge in [0, 0.05) is 6.26 Å². The van der Waals surface area contributed by atoms with Crippen LogP contribution in [0.25, 0.3) is 0 Å². The molecule has 1 aromatic carbocycles. The van der Waals surface area contributed by atoms with Gasteiger partial charge in [0.05, 0.1) is 11.0 Å². The second kappa shape index (κ2) is 6.51. The van der Waals surface area contributed by atoms with Crippen LogP contribution in [0.3, 0.4) is 0 Å². The summed E-state index contributed by atoms with van der Waals surface area (Å²) in [6.07, 6.45) is 1.72. The fraction of sp³-hybridized carbons (Fsp3) is 0.417. The highest BCUT2D eigenvalue weighted by molar-refractivity contribution is 7.91. The number of nitrogens with zero attached hydrogens (tertiary/aromatic N) is 1. The summed E-state index contributed by atoms with van der Waals surface area (Å²) in [5.41, 5.74) is 0. The Balaban J connectivity index is 3.29. The molecular weight excluding hydrogens is 319 g/mol. The quantitative estimate of drug-likeness (QED) is 0.787. The molecule has 0 aliphatic heterocycles. The minimum absolute atomic E-state index is 0.267. The Morgan fingerprint density at radius 3 is 2.43 bits per heavy atom. The molecule has 0 aliphatic rings. The van der Waals surface area contributed by atoms with Gasteiger partial charge < -0.3 is 0 Å². The van der Waals surface area contributed by atoms with E-state index in [0.717, 1.165) is 24.5 Å². The Labute approximate surface area is 123 Å². The highest BCUT2D eigenvalue weighted by Gasteiger charge is 2.24. The molecule has 9 heteroatoms. The van der Waals surface area contributed by atoms with E-state index in [4.69, 9.17) is 5.26 Å². The van der Waals surface area contributed by atoms with E-state index in [-0.39, 0.29) is 11.3 Å². The van der Waals surface area contributed by atoms with Crippen molar-refractivity contribution in [3.05, 3.63) is 24.0 Å². The molecule has 6 nitrogen and oxygen atoms in total. The summed E-state index contributed by atoms with van der Waals surface area (Å²) >= 11 is 0. The van der Waals surface area contributed by atoms with Gasteiger partial charge in [-0.05, 0) is 24.6 Å². The number of nitriles is 1. The molecule has 1 aromatic rings. The lowest BCUT2D eigenvalue weighted by Gasteiger charge is -2.12. The van der Waals surface area contributed by atoms with Crippen LogP contribution >= 0.6 is 0 Å². The van der Waals surface area contributed by atoms with Crippen LogP contribution in [0.5, 0.6) is 0 Å². The minimum Gasteiger partial charge on any atom is -0.224 e. The van der Waals surface area contributed by atoms with Crippen molar-refractivity contribution in [3.8, 4) is 6.07 Å². The third-order valence-corrected chi connectivity index (χ3v) is 5.25. The molecule has 1 N–H and O–H groups in total. The molecule has 0 radical (unpaired) electrons. The third-order valence-electron chi connectivity index (χ3n) is 2.65. The topological polar surface area (TPSA) is 104 Å². The number of nitrogens with one attached hydrogen (secondary N) is 1. The Morgan fingerprint density at radius 2 is 1.95 bits per heavy atom. The fourth-order valence-electron chi connectivity index (χ4n) is 1.61. The van der Waals surface area contributed by atoms with Crippen molar-refractivity contribution in [2.24, 2.45) is 0 Å². The van der Waals surface area contributed by atoms with E-state index in [9.17, 15) is 21.2 Å². The van der Waals surface area contributed by atoms with Crippen molar-refractivity contribution >= 4 is 19.9 Å². The fourth-order valence-corrected chi connectivity index (χ4v) is 3.61. The van der Waals surface area contributed by atoms with E-state index in [2.05, 4.69) is 4.72 Å². The van der Waals surface area contributed by atoms with Gasteiger partial charge in [0.2, 0.25) is 10.0 Å². The van der Waals surface area contributed by atoms with Crippen molar-refractivity contribution in [3.63, 3.8) is 0 Å². The summed E-state index contributed by atoms with van der Waals surface area (Å²) in [7, 11) is -7.99. The SMILES string of the molecule is CCCC(C#N)NS(=O)(=O)c1cc(S(C)(=O)=O)ccc1F. The molecule has 0 bridgehead atoms. The van der Waals surface area contributed by atoms with Crippen LogP contribution in [0.15, 0.2) is 28.0 Å². The van der Waals surface area contributed by atoms with Crippen LogP contribution in [0, 0.1) is 17.1 Å². The van der Waals surface area contributed by atoms with Gasteiger partial charge in [-0.1, -0.05) is 13.3 Å². The first-order chi connectivity index (χ1) is 9.61. The lowest BCUT2D eigenvalue weighted by molar-refractivity contribution is 0.543. The standard InChI is InChI=1S/C12H15FN2O4S2/c1-3-4-9(8-14)15-21(18,19)12-7-10(20(2,16)17)5-6-11(12)13/h5-7,9,15H,3-4H2,1-2H3. The molecule has 0 heterocycles. The van der Waals surface area contributed by atoms with Gasteiger partial charge in [0.25, 0.3) is 0 Å². The third kappa shape index (κ3) is 4.49. The lowest BCUT2D eigenvalue weighted by atomic mass is 10.2. The number of rotatable bonds is 6. The van der Waals surface area contributed by atoms with Crippen LogP contribution < -0.4 is 4.72 Å². The molecule has 0 aromatic heterocycles. The van der Waals surface area contributed by atoms with E-state index >= 15 is 0 Å². The van der Waals surface area contributed by atoms with Crippen molar-refractivity contribution in [2.75, 3.05) is 6.26 Å². The lowest BCUT2D eigenvalue weighted by Crippen LogP contribution is -2.34. The summed E-state index contributed by atoms with van der Waals surface area (Å²) in [5, 5.41) is 8.85. The van der Waals surface area contributed by atoms with Crippen molar-refractivity contribution in [1.82, 2.24) is 4.72 Å². The molecule has 0 fully saturated rings. The van der Waals surface area contributed by atoms with E-state index in [0.29, 0.717) is 6.42 Å². The summed E-state index contributed by atoms with van der Waals surface area (Å²) in [4.78, 5) is -1.10. The predicted octanol–water partition coefficient (Wildman–Crippen LogP) is 1.20. The maximum absolute atomic E-state index is 13.7. The summed E-state index contributed by atoms with van der Waals surface area (Å²) in [6, 6.07) is 3.26. The van der Waals surface area contributed by atoms with Crippen LogP contribution in [-0.4, -0.2) is 29.1 Å². The molecule has 21 heavy (non-hydrogen) atoms. The van der Waals surface area contributed by atoms with Gasteiger partial charge in [0.1, 0.15) is 16.8 Å². The maximum atomic E-state index is 13.7. The van der Waals surface area contributed by atoms with Crippen LogP contribution in [0.2, 0.25) is 0 Å². The normalized spacial score (nSPS) is 13.6. The molecule has 0 spiro atoms. The predicted molar refractivity (Wildman–Crippen MR) is 74.1 cm³/mol. The van der Waals surface area contributed by atoms with E-state index < -0.39 is 36.6 Å². The first-order valence-corrected chi connectivity index (χ1v) is 9.41. The highest BCUT2D eigenvalue weighted by Crippen LogP contribution is 2.20. The van der Waals surface area contributed by atoms with E-state index in [1.54, 1.807) is 13.0 Å². The van der Waals surface area contributed by atoms with Crippen LogP contribution in [-0.2, 0) is 19.9 Å². The Hall–Kier alpha value is -1.50. The zero-order chi connectivity index (χ0) is 16.3. The molecular formula is C12H15FN2O4S2. The van der Waals surface area contributed by atoms with Crippen LogP contribution in [0.4, 0.5) is 4.39 Å². The second-order valence-electron chi connectivity index (χ2n) is 4.46. The number of halogens is 1. The zero-order valence-electron chi connectivity index (χ0n) is 11.5. The molecule has 1 atom stereocenters. The monoisotopic (exact) mass is 334 g/mol. The summed E-state index contributed by atoms with van der Waals surface area (Å²) in [6.45, 7) is 1.77. The number of hydrogen-bond donors (Lipinski definition) is 1. The number of hydrogen-bond acceptors (Lipinski definition) is 5. The number of benzene rings is 1. The molecule has 0 amide bonds. The number of sulfone groups is 1. The summed E-state index contributed by atoms with van der Waals surface area (Å²) < 4.78 is 62.7. The van der Waals surface area contributed by atoms with Gasteiger partial charge in [-0.3, -0.25) is 0 Å². The number of sulfonamides is 1. The van der Waals surface area contributed by atoms with Crippen LogP contribution in [0.1, 0.15) is 19.8 Å². The zero-order valence-corrected chi connectivity index (χ0v) is 13.1. The molecule has 116 valence electrons. The van der Waals surface area contributed by atoms with Gasteiger partial charge >= 0.3 is 0 Å². The smallest absolute Gasteiger partial charge is 0.224 e.